The second-order valence-corrected chi connectivity index (χ2v) is 9.14. The van der Waals surface area contributed by atoms with Crippen LogP contribution < -0.4 is 0 Å². The zero-order valence-electron chi connectivity index (χ0n) is 20.3. The number of aryl methyl sites for hydroxylation is 1. The molecule has 0 saturated carbocycles. The van der Waals surface area contributed by atoms with Crippen molar-refractivity contribution in [2.24, 2.45) is 4.99 Å². The van der Waals surface area contributed by atoms with Gasteiger partial charge in [-0.25, -0.2) is 0 Å². The van der Waals surface area contributed by atoms with Crippen molar-refractivity contribution in [2.75, 3.05) is 6.61 Å². The Hall–Kier alpha value is -3.89. The number of hydrogen-bond acceptors (Lipinski definition) is 4. The molecular formula is C31H29NO3. The van der Waals surface area contributed by atoms with Crippen LogP contribution in [0.2, 0.25) is 0 Å². The third kappa shape index (κ3) is 4.58. The van der Waals surface area contributed by atoms with E-state index in [9.17, 15) is 5.11 Å². The number of ether oxygens (including phenoxy) is 1. The SMILES string of the molecule is C=C(COC(C)/C=C(/C)O)c1ccc2c(oc3ccccc32)c1C1C=C(c2ccc(C)cc2)C=N1. The summed E-state index contributed by atoms with van der Waals surface area (Å²) in [5, 5.41) is 11.7. The number of aliphatic hydroxyl groups is 1. The molecule has 176 valence electrons. The van der Waals surface area contributed by atoms with Crippen molar-refractivity contribution >= 4 is 39.3 Å². The van der Waals surface area contributed by atoms with Crippen LogP contribution in [-0.2, 0) is 4.74 Å². The average molecular weight is 464 g/mol. The molecule has 1 aromatic heterocycles. The van der Waals surface area contributed by atoms with Crippen LogP contribution in [0.15, 0.2) is 94.6 Å². The number of para-hydroxylation sites is 1. The van der Waals surface area contributed by atoms with E-state index < -0.39 is 0 Å². The lowest BCUT2D eigenvalue weighted by molar-refractivity contribution is 0.124. The van der Waals surface area contributed by atoms with Crippen LogP contribution in [0.3, 0.4) is 0 Å². The van der Waals surface area contributed by atoms with Gasteiger partial charge in [0.05, 0.1) is 24.5 Å². The fourth-order valence-electron chi connectivity index (χ4n) is 4.60. The van der Waals surface area contributed by atoms with Crippen LogP contribution in [0.4, 0.5) is 0 Å². The van der Waals surface area contributed by atoms with Gasteiger partial charge < -0.3 is 14.3 Å². The van der Waals surface area contributed by atoms with Gasteiger partial charge in [0, 0.05) is 22.6 Å². The van der Waals surface area contributed by atoms with Crippen LogP contribution in [0.25, 0.3) is 33.1 Å². The van der Waals surface area contributed by atoms with E-state index in [2.05, 4.69) is 62.0 Å². The number of aliphatic hydroxyl groups excluding tert-OH is 1. The maximum atomic E-state index is 9.54. The molecule has 1 aliphatic heterocycles. The van der Waals surface area contributed by atoms with E-state index in [-0.39, 0.29) is 17.9 Å². The molecule has 35 heavy (non-hydrogen) atoms. The van der Waals surface area contributed by atoms with Crippen molar-refractivity contribution in [3.05, 3.63) is 107 Å². The van der Waals surface area contributed by atoms with Gasteiger partial charge in [-0.2, -0.15) is 0 Å². The van der Waals surface area contributed by atoms with E-state index in [4.69, 9.17) is 14.1 Å². The lowest BCUT2D eigenvalue weighted by Crippen LogP contribution is -2.09. The van der Waals surface area contributed by atoms with Crippen molar-refractivity contribution in [3.63, 3.8) is 0 Å². The molecule has 0 fully saturated rings. The Morgan fingerprint density at radius 2 is 1.89 bits per heavy atom. The van der Waals surface area contributed by atoms with Crippen molar-refractivity contribution in [1.82, 2.24) is 0 Å². The lowest BCUT2D eigenvalue weighted by atomic mass is 9.92. The summed E-state index contributed by atoms with van der Waals surface area (Å²) in [6, 6.07) is 20.6. The van der Waals surface area contributed by atoms with Crippen molar-refractivity contribution in [1.29, 1.82) is 0 Å². The zero-order valence-corrected chi connectivity index (χ0v) is 20.3. The van der Waals surface area contributed by atoms with Gasteiger partial charge in [0.25, 0.3) is 0 Å². The topological polar surface area (TPSA) is 55.0 Å². The summed E-state index contributed by atoms with van der Waals surface area (Å²) < 4.78 is 12.3. The van der Waals surface area contributed by atoms with Crippen molar-refractivity contribution in [2.45, 2.75) is 32.9 Å². The fourth-order valence-corrected chi connectivity index (χ4v) is 4.60. The Labute approximate surface area is 205 Å². The number of aliphatic imine (C=N–C) groups is 1. The third-order valence-electron chi connectivity index (χ3n) is 6.35. The molecule has 2 heterocycles. The van der Waals surface area contributed by atoms with Gasteiger partial charge in [0.2, 0.25) is 0 Å². The molecular weight excluding hydrogens is 434 g/mol. The molecule has 0 aliphatic carbocycles. The minimum atomic E-state index is -0.229. The standard InChI is InChI=1S/C31H29NO3/c1-19-9-11-23(12-10-19)24-16-28(32-17-24)30-25(20(2)18-34-22(4)15-21(3)33)13-14-27-26-7-5-6-8-29(26)35-31(27)30/h5-17,22,28,33H,2,18H2,1,3-4H3/b21-15-. The van der Waals surface area contributed by atoms with E-state index in [1.807, 2.05) is 31.3 Å². The van der Waals surface area contributed by atoms with E-state index in [0.717, 1.165) is 49.8 Å². The Morgan fingerprint density at radius 3 is 2.66 bits per heavy atom. The van der Waals surface area contributed by atoms with E-state index >= 15 is 0 Å². The minimum Gasteiger partial charge on any atom is -0.513 e. The second-order valence-electron chi connectivity index (χ2n) is 9.14. The summed E-state index contributed by atoms with van der Waals surface area (Å²) in [5.74, 6) is 0.238. The fraction of sp³-hybridized carbons (Fsp3) is 0.194. The Kier molecular flexibility index (Phi) is 6.14. The summed E-state index contributed by atoms with van der Waals surface area (Å²) in [4.78, 5) is 4.88. The van der Waals surface area contributed by atoms with Gasteiger partial charge in [-0.3, -0.25) is 4.99 Å². The van der Waals surface area contributed by atoms with Gasteiger partial charge in [0.15, 0.2) is 0 Å². The van der Waals surface area contributed by atoms with Gasteiger partial charge in [-0.1, -0.05) is 60.7 Å². The van der Waals surface area contributed by atoms with Crippen molar-refractivity contribution < 1.29 is 14.3 Å². The molecule has 5 rings (SSSR count). The first kappa shape index (κ1) is 22.9. The van der Waals surface area contributed by atoms with Crippen LogP contribution in [-0.4, -0.2) is 24.0 Å². The zero-order chi connectivity index (χ0) is 24.5. The number of rotatable bonds is 7. The maximum absolute atomic E-state index is 9.54. The molecule has 4 aromatic rings. The van der Waals surface area contributed by atoms with Crippen LogP contribution >= 0.6 is 0 Å². The summed E-state index contributed by atoms with van der Waals surface area (Å²) in [6.45, 7) is 10.3. The van der Waals surface area contributed by atoms with E-state index in [1.165, 1.54) is 5.56 Å². The molecule has 2 unspecified atom stereocenters. The van der Waals surface area contributed by atoms with E-state index in [1.54, 1.807) is 13.0 Å². The highest BCUT2D eigenvalue weighted by molar-refractivity contribution is 6.13. The first-order valence-electron chi connectivity index (χ1n) is 11.8. The molecule has 0 amide bonds. The normalized spacial score (nSPS) is 16.7. The Morgan fingerprint density at radius 1 is 1.11 bits per heavy atom. The number of nitrogens with zero attached hydrogens (tertiary/aromatic N) is 1. The van der Waals surface area contributed by atoms with Gasteiger partial charge in [-0.05, 0) is 67.3 Å². The number of allylic oxidation sites excluding steroid dienone is 2. The largest absolute Gasteiger partial charge is 0.513 e. The lowest BCUT2D eigenvalue weighted by Gasteiger charge is -2.17. The molecule has 2 atom stereocenters. The Balaban J connectivity index is 1.58. The van der Waals surface area contributed by atoms with Crippen LogP contribution in [0.5, 0.6) is 0 Å². The molecule has 4 heteroatoms. The third-order valence-corrected chi connectivity index (χ3v) is 6.35. The first-order valence-corrected chi connectivity index (χ1v) is 11.8. The molecule has 3 aromatic carbocycles. The number of benzene rings is 3. The minimum absolute atomic E-state index is 0.195. The molecule has 0 saturated heterocycles. The quantitative estimate of drug-likeness (QED) is 0.283. The molecule has 0 spiro atoms. The van der Waals surface area contributed by atoms with Crippen LogP contribution in [0, 0.1) is 6.92 Å². The summed E-state index contributed by atoms with van der Waals surface area (Å²) in [5.41, 5.74) is 7.94. The second kappa shape index (κ2) is 9.40. The predicted octanol–water partition coefficient (Wildman–Crippen LogP) is 7.98. The highest BCUT2D eigenvalue weighted by Crippen LogP contribution is 2.41. The Bertz CT molecular complexity index is 1500. The van der Waals surface area contributed by atoms with Crippen molar-refractivity contribution in [3.8, 4) is 0 Å². The monoisotopic (exact) mass is 463 g/mol. The molecule has 0 radical (unpaired) electrons. The molecule has 1 N–H and O–H groups in total. The summed E-state index contributed by atoms with van der Waals surface area (Å²) in [6.07, 6.45) is 5.57. The highest BCUT2D eigenvalue weighted by Gasteiger charge is 2.24. The maximum Gasteiger partial charge on any atom is 0.141 e. The summed E-state index contributed by atoms with van der Waals surface area (Å²) >= 11 is 0. The first-order chi connectivity index (χ1) is 16.9. The molecule has 0 bridgehead atoms. The van der Waals surface area contributed by atoms with E-state index in [0.29, 0.717) is 6.61 Å². The number of furan rings is 1. The number of hydrogen-bond donors (Lipinski definition) is 1. The van der Waals surface area contributed by atoms with Gasteiger partial charge >= 0.3 is 0 Å². The van der Waals surface area contributed by atoms with Gasteiger partial charge in [-0.15, -0.1) is 0 Å². The molecule has 4 nitrogen and oxygen atoms in total. The number of fused-ring (bicyclic) bond motifs is 3. The average Bonchev–Trinajstić information content (AvgIpc) is 3.47. The summed E-state index contributed by atoms with van der Waals surface area (Å²) in [7, 11) is 0. The van der Waals surface area contributed by atoms with Crippen LogP contribution in [0.1, 0.15) is 42.1 Å². The van der Waals surface area contributed by atoms with Gasteiger partial charge in [0.1, 0.15) is 11.2 Å². The smallest absolute Gasteiger partial charge is 0.141 e. The predicted molar refractivity (Wildman–Crippen MR) is 145 cm³/mol. The molecule has 1 aliphatic rings. The highest BCUT2D eigenvalue weighted by atomic mass is 16.5.